The molecule has 7 nitrogen and oxygen atoms in total. The molecule has 0 saturated carbocycles. The number of pyridine rings is 1. The lowest BCUT2D eigenvalue weighted by Crippen LogP contribution is -2.38. The lowest BCUT2D eigenvalue weighted by molar-refractivity contribution is 0.346. The van der Waals surface area contributed by atoms with E-state index in [9.17, 15) is 4.79 Å². The molecule has 1 fully saturated rings. The minimum atomic E-state index is 0.0666. The number of anilines is 1. The summed E-state index contributed by atoms with van der Waals surface area (Å²) in [5, 5.41) is 0.697. The smallest absolute Gasteiger partial charge is 0.261 e. The van der Waals surface area contributed by atoms with Crippen LogP contribution in [0.3, 0.4) is 0 Å². The highest BCUT2D eigenvalue weighted by molar-refractivity contribution is 5.77. The highest BCUT2D eigenvalue weighted by atomic mass is 16.1. The Balaban J connectivity index is 1.34. The van der Waals surface area contributed by atoms with Crippen LogP contribution in [0, 0.1) is 12.8 Å². The zero-order valence-corrected chi connectivity index (χ0v) is 16.7. The number of hydrogen-bond acceptors (Lipinski definition) is 5. The molecule has 0 aliphatic carbocycles. The quantitative estimate of drug-likeness (QED) is 0.540. The summed E-state index contributed by atoms with van der Waals surface area (Å²) < 4.78 is 3.92. The Bertz CT molecular complexity index is 1250. The van der Waals surface area contributed by atoms with Crippen LogP contribution >= 0.6 is 0 Å². The van der Waals surface area contributed by atoms with Gasteiger partial charge in [-0.05, 0) is 49.9 Å². The van der Waals surface area contributed by atoms with Crippen molar-refractivity contribution in [1.82, 2.24) is 24.1 Å². The first-order chi connectivity index (χ1) is 14.1. The maximum atomic E-state index is 12.9. The molecular weight excluding hydrogens is 364 g/mol. The Morgan fingerprint density at radius 3 is 2.59 bits per heavy atom. The second-order valence-corrected chi connectivity index (χ2v) is 7.84. The molecule has 3 aromatic heterocycles. The fraction of sp³-hybridized carbons (Fsp3) is 0.364. The SMILES string of the molecule is Cc1nc2ccccc2c(=O)n1CC1CCN(c2nc3cccnc3n2C)CC1. The first-order valence-electron chi connectivity index (χ1n) is 10.1. The van der Waals surface area contributed by atoms with Crippen LogP contribution in [0.2, 0.25) is 0 Å². The normalized spacial score (nSPS) is 15.4. The van der Waals surface area contributed by atoms with Gasteiger partial charge in [-0.15, -0.1) is 0 Å². The van der Waals surface area contributed by atoms with Gasteiger partial charge in [0.1, 0.15) is 11.3 Å². The number of fused-ring (bicyclic) bond motifs is 2. The third kappa shape index (κ3) is 3.06. The average Bonchev–Trinajstić information content (AvgIpc) is 3.08. The number of rotatable bonds is 3. The number of benzene rings is 1. The molecule has 4 heterocycles. The van der Waals surface area contributed by atoms with Gasteiger partial charge in [0.2, 0.25) is 5.95 Å². The molecule has 4 aromatic rings. The van der Waals surface area contributed by atoms with Crippen molar-refractivity contribution in [2.75, 3.05) is 18.0 Å². The summed E-state index contributed by atoms with van der Waals surface area (Å²) in [7, 11) is 2.02. The molecule has 148 valence electrons. The molecule has 0 unspecified atom stereocenters. The maximum Gasteiger partial charge on any atom is 0.261 e. The number of hydrogen-bond donors (Lipinski definition) is 0. The van der Waals surface area contributed by atoms with Crippen molar-refractivity contribution in [2.24, 2.45) is 13.0 Å². The Kier molecular flexibility index (Phi) is 4.30. The van der Waals surface area contributed by atoms with Crippen LogP contribution in [0.25, 0.3) is 22.1 Å². The van der Waals surface area contributed by atoms with Gasteiger partial charge in [-0.2, -0.15) is 0 Å². The lowest BCUT2D eigenvalue weighted by atomic mass is 9.96. The number of aryl methyl sites for hydroxylation is 2. The fourth-order valence-corrected chi connectivity index (χ4v) is 4.36. The van der Waals surface area contributed by atoms with Crippen molar-refractivity contribution in [3.05, 3.63) is 58.8 Å². The summed E-state index contributed by atoms with van der Waals surface area (Å²) in [6.45, 7) is 4.50. The van der Waals surface area contributed by atoms with E-state index in [1.807, 2.05) is 54.9 Å². The molecule has 5 rings (SSSR count). The minimum absolute atomic E-state index is 0.0666. The second kappa shape index (κ2) is 6.99. The highest BCUT2D eigenvalue weighted by Crippen LogP contribution is 2.26. The third-order valence-corrected chi connectivity index (χ3v) is 5.99. The first kappa shape index (κ1) is 17.8. The van der Waals surface area contributed by atoms with E-state index in [4.69, 9.17) is 4.98 Å². The van der Waals surface area contributed by atoms with Crippen LogP contribution in [-0.2, 0) is 13.6 Å². The number of imidazole rings is 1. The summed E-state index contributed by atoms with van der Waals surface area (Å²) >= 11 is 0. The van der Waals surface area contributed by atoms with Crippen molar-refractivity contribution in [3.63, 3.8) is 0 Å². The van der Waals surface area contributed by atoms with Gasteiger partial charge in [-0.3, -0.25) is 13.9 Å². The summed E-state index contributed by atoms with van der Waals surface area (Å²) in [5.74, 6) is 2.22. The summed E-state index contributed by atoms with van der Waals surface area (Å²) in [6.07, 6.45) is 3.85. The van der Waals surface area contributed by atoms with Crippen molar-refractivity contribution in [1.29, 1.82) is 0 Å². The number of nitrogens with zero attached hydrogens (tertiary/aromatic N) is 6. The molecule has 29 heavy (non-hydrogen) atoms. The largest absolute Gasteiger partial charge is 0.342 e. The topological polar surface area (TPSA) is 68.8 Å². The van der Waals surface area contributed by atoms with Gasteiger partial charge in [0.15, 0.2) is 5.65 Å². The highest BCUT2D eigenvalue weighted by Gasteiger charge is 2.24. The molecule has 1 aliphatic rings. The summed E-state index contributed by atoms with van der Waals surface area (Å²) in [6, 6.07) is 11.5. The van der Waals surface area contributed by atoms with Gasteiger partial charge < -0.3 is 4.90 Å². The van der Waals surface area contributed by atoms with E-state index in [1.165, 1.54) is 0 Å². The Morgan fingerprint density at radius 1 is 1.03 bits per heavy atom. The lowest BCUT2D eigenvalue weighted by Gasteiger charge is -2.33. The van der Waals surface area contributed by atoms with Gasteiger partial charge in [-0.1, -0.05) is 12.1 Å². The van der Waals surface area contributed by atoms with E-state index in [1.54, 1.807) is 6.20 Å². The van der Waals surface area contributed by atoms with Crippen LogP contribution in [0.4, 0.5) is 5.95 Å². The third-order valence-electron chi connectivity index (χ3n) is 5.99. The molecule has 0 atom stereocenters. The van der Waals surface area contributed by atoms with Gasteiger partial charge >= 0.3 is 0 Å². The molecular formula is C22H24N6O. The minimum Gasteiger partial charge on any atom is -0.342 e. The van der Waals surface area contributed by atoms with Crippen LogP contribution in [0.5, 0.6) is 0 Å². The molecule has 1 aromatic carbocycles. The van der Waals surface area contributed by atoms with Crippen molar-refractivity contribution in [3.8, 4) is 0 Å². The second-order valence-electron chi connectivity index (χ2n) is 7.84. The maximum absolute atomic E-state index is 12.9. The van der Waals surface area contributed by atoms with Gasteiger partial charge in [0.25, 0.3) is 5.56 Å². The van der Waals surface area contributed by atoms with Crippen LogP contribution in [0.1, 0.15) is 18.7 Å². The van der Waals surface area contributed by atoms with E-state index in [-0.39, 0.29) is 5.56 Å². The summed E-state index contributed by atoms with van der Waals surface area (Å²) in [5.41, 5.74) is 2.68. The van der Waals surface area contributed by atoms with Crippen molar-refractivity contribution in [2.45, 2.75) is 26.3 Å². The molecule has 0 amide bonds. The number of aromatic nitrogens is 5. The van der Waals surface area contributed by atoms with E-state index in [0.29, 0.717) is 11.3 Å². The average molecular weight is 388 g/mol. The molecule has 1 aliphatic heterocycles. The monoisotopic (exact) mass is 388 g/mol. The van der Waals surface area contributed by atoms with Gasteiger partial charge in [0.05, 0.1) is 10.9 Å². The fourth-order valence-electron chi connectivity index (χ4n) is 4.36. The molecule has 0 spiro atoms. The number of piperidine rings is 1. The van der Waals surface area contributed by atoms with E-state index >= 15 is 0 Å². The first-order valence-corrected chi connectivity index (χ1v) is 10.1. The van der Waals surface area contributed by atoms with E-state index in [0.717, 1.165) is 60.9 Å². The Morgan fingerprint density at radius 2 is 1.79 bits per heavy atom. The summed E-state index contributed by atoms with van der Waals surface area (Å²) in [4.78, 5) is 29.1. The van der Waals surface area contributed by atoms with Gasteiger partial charge in [0, 0.05) is 32.9 Å². The molecule has 0 radical (unpaired) electrons. The Labute approximate surface area is 168 Å². The molecule has 0 bridgehead atoms. The standard InChI is InChI=1S/C22H24N6O/c1-15-24-18-7-4-3-6-17(18)21(29)28(15)14-16-9-12-27(13-10-16)22-25-19-8-5-11-23-20(19)26(22)2/h3-8,11,16H,9-10,12-14H2,1-2H3. The predicted molar refractivity (Wildman–Crippen MR) is 114 cm³/mol. The predicted octanol–water partition coefficient (Wildman–Crippen LogP) is 2.90. The molecule has 0 N–H and O–H groups in total. The van der Waals surface area contributed by atoms with Gasteiger partial charge in [-0.25, -0.2) is 15.0 Å². The van der Waals surface area contributed by atoms with Crippen molar-refractivity contribution < 1.29 is 0 Å². The van der Waals surface area contributed by atoms with Crippen LogP contribution < -0.4 is 10.5 Å². The zero-order chi connectivity index (χ0) is 20.0. The molecule has 7 heteroatoms. The molecule has 1 saturated heterocycles. The zero-order valence-electron chi connectivity index (χ0n) is 16.7. The van der Waals surface area contributed by atoms with E-state index in [2.05, 4.69) is 19.4 Å². The van der Waals surface area contributed by atoms with Crippen LogP contribution in [0.15, 0.2) is 47.4 Å². The Hall–Kier alpha value is -3.22. The van der Waals surface area contributed by atoms with Crippen LogP contribution in [-0.4, -0.2) is 37.2 Å². The van der Waals surface area contributed by atoms with Crippen molar-refractivity contribution >= 4 is 28.0 Å². The van der Waals surface area contributed by atoms with E-state index < -0.39 is 0 Å². The number of para-hydroxylation sites is 1.